The third-order valence-electron chi connectivity index (χ3n) is 5.34. The normalized spacial score (nSPS) is 28.1. The molecule has 128 valence electrons. The maximum Gasteiger partial charge on any atom is 0.317 e. The number of hydrogen-bond acceptors (Lipinski definition) is 4. The number of carboxylic acids is 1. The van der Waals surface area contributed by atoms with Crippen molar-refractivity contribution >= 4 is 5.97 Å². The molecule has 2 fully saturated rings. The molecule has 5 nitrogen and oxygen atoms in total. The second-order valence-electron chi connectivity index (χ2n) is 7.05. The lowest BCUT2D eigenvalue weighted by Gasteiger charge is -2.36. The van der Waals surface area contributed by atoms with Gasteiger partial charge >= 0.3 is 5.97 Å². The van der Waals surface area contributed by atoms with Gasteiger partial charge in [-0.05, 0) is 51.7 Å². The monoisotopic (exact) mass is 312 g/mol. The smallest absolute Gasteiger partial charge is 0.317 e. The van der Waals surface area contributed by atoms with Gasteiger partial charge in [0, 0.05) is 12.6 Å². The molecule has 1 saturated heterocycles. The van der Waals surface area contributed by atoms with Crippen LogP contribution in [0.2, 0.25) is 0 Å². The van der Waals surface area contributed by atoms with Crippen LogP contribution < -0.4 is 0 Å². The summed E-state index contributed by atoms with van der Waals surface area (Å²) in [4.78, 5) is 15.2. The molecule has 0 aromatic rings. The molecule has 2 unspecified atom stereocenters. The van der Waals surface area contributed by atoms with Gasteiger partial charge in [0.15, 0.2) is 0 Å². The minimum Gasteiger partial charge on any atom is -0.480 e. The molecule has 1 heterocycles. The van der Waals surface area contributed by atoms with Gasteiger partial charge in [-0.3, -0.25) is 9.69 Å². The number of piperidine rings is 1. The van der Waals surface area contributed by atoms with E-state index in [1.807, 2.05) is 11.9 Å². The highest BCUT2D eigenvalue weighted by Gasteiger charge is 2.25. The van der Waals surface area contributed by atoms with Crippen molar-refractivity contribution in [2.75, 3.05) is 39.8 Å². The highest BCUT2D eigenvalue weighted by molar-refractivity contribution is 5.69. The van der Waals surface area contributed by atoms with Gasteiger partial charge in [0.05, 0.1) is 19.3 Å². The SMILES string of the molecule is CC1CCCCC1OCCN1CCC(N(C)CC(=O)O)CC1. The molecule has 5 heteroatoms. The molecule has 0 bridgehead atoms. The summed E-state index contributed by atoms with van der Waals surface area (Å²) < 4.78 is 6.10. The lowest BCUT2D eigenvalue weighted by atomic mass is 9.88. The number of aliphatic carboxylic acids is 1. The second kappa shape index (κ2) is 8.85. The molecule has 2 aliphatic rings. The summed E-state index contributed by atoms with van der Waals surface area (Å²) in [5, 5.41) is 8.86. The van der Waals surface area contributed by atoms with Crippen molar-refractivity contribution in [2.45, 2.75) is 57.6 Å². The molecule has 22 heavy (non-hydrogen) atoms. The van der Waals surface area contributed by atoms with Crippen molar-refractivity contribution in [1.82, 2.24) is 9.80 Å². The minimum absolute atomic E-state index is 0.146. The van der Waals surface area contributed by atoms with Crippen molar-refractivity contribution in [3.63, 3.8) is 0 Å². The van der Waals surface area contributed by atoms with Gasteiger partial charge in [-0.15, -0.1) is 0 Å². The molecule has 2 atom stereocenters. The van der Waals surface area contributed by atoms with E-state index in [2.05, 4.69) is 11.8 Å². The summed E-state index contributed by atoms with van der Waals surface area (Å²) in [6.07, 6.45) is 7.80. The summed E-state index contributed by atoms with van der Waals surface area (Å²) >= 11 is 0. The molecule has 2 rings (SSSR count). The van der Waals surface area contributed by atoms with Crippen LogP contribution in [0.5, 0.6) is 0 Å². The lowest BCUT2D eigenvalue weighted by molar-refractivity contribution is -0.138. The first-order chi connectivity index (χ1) is 10.6. The molecule has 0 aromatic carbocycles. The maximum absolute atomic E-state index is 10.8. The first kappa shape index (κ1) is 17.7. The lowest BCUT2D eigenvalue weighted by Crippen LogP contribution is -2.45. The Labute approximate surface area is 134 Å². The van der Waals surface area contributed by atoms with Crippen molar-refractivity contribution in [1.29, 1.82) is 0 Å². The van der Waals surface area contributed by atoms with Crippen LogP contribution in [0.4, 0.5) is 0 Å². The predicted molar refractivity (Wildman–Crippen MR) is 87.1 cm³/mol. The first-order valence-electron chi connectivity index (χ1n) is 8.82. The Kier molecular flexibility index (Phi) is 7.12. The third kappa shape index (κ3) is 5.52. The Morgan fingerprint density at radius 1 is 1.23 bits per heavy atom. The number of hydrogen-bond donors (Lipinski definition) is 1. The maximum atomic E-state index is 10.8. The Morgan fingerprint density at radius 3 is 2.55 bits per heavy atom. The summed E-state index contributed by atoms with van der Waals surface area (Å²) in [6.45, 7) is 6.42. The highest BCUT2D eigenvalue weighted by atomic mass is 16.5. The molecule has 0 radical (unpaired) electrons. The summed E-state index contributed by atoms with van der Waals surface area (Å²) in [5.74, 6) is -0.0240. The fourth-order valence-electron chi connectivity index (χ4n) is 3.79. The summed E-state index contributed by atoms with van der Waals surface area (Å²) in [6, 6.07) is 0.409. The van der Waals surface area contributed by atoms with Crippen LogP contribution in [-0.4, -0.2) is 72.9 Å². The van der Waals surface area contributed by atoms with E-state index in [4.69, 9.17) is 9.84 Å². The Hall–Kier alpha value is -0.650. The van der Waals surface area contributed by atoms with Gasteiger partial charge in [-0.1, -0.05) is 19.8 Å². The third-order valence-corrected chi connectivity index (χ3v) is 5.34. The first-order valence-corrected chi connectivity index (χ1v) is 8.82. The quantitative estimate of drug-likeness (QED) is 0.780. The number of carboxylic acid groups (broad SMARTS) is 1. The zero-order chi connectivity index (χ0) is 15.9. The van der Waals surface area contributed by atoms with Gasteiger partial charge in [-0.2, -0.15) is 0 Å². The predicted octanol–water partition coefficient (Wildman–Crippen LogP) is 2.06. The van der Waals surface area contributed by atoms with E-state index < -0.39 is 5.97 Å². The van der Waals surface area contributed by atoms with E-state index in [9.17, 15) is 4.79 Å². The van der Waals surface area contributed by atoms with Gasteiger partial charge < -0.3 is 14.7 Å². The van der Waals surface area contributed by atoms with Crippen LogP contribution >= 0.6 is 0 Å². The standard InChI is InChI=1S/C17H32N2O3/c1-14-5-3-4-6-16(14)22-12-11-19-9-7-15(8-10-19)18(2)13-17(20)21/h14-16H,3-13H2,1-2H3,(H,20,21). The molecular formula is C17H32N2O3. The molecule has 0 aromatic heterocycles. The molecule has 0 amide bonds. The van der Waals surface area contributed by atoms with E-state index in [1.54, 1.807) is 0 Å². The fraction of sp³-hybridized carbons (Fsp3) is 0.941. The second-order valence-corrected chi connectivity index (χ2v) is 7.05. The molecular weight excluding hydrogens is 280 g/mol. The summed E-state index contributed by atoms with van der Waals surface area (Å²) in [7, 11) is 1.92. The fourth-order valence-corrected chi connectivity index (χ4v) is 3.79. The number of nitrogens with zero attached hydrogens (tertiary/aromatic N) is 2. The zero-order valence-corrected chi connectivity index (χ0v) is 14.2. The number of ether oxygens (including phenoxy) is 1. The Balaban J connectivity index is 1.60. The zero-order valence-electron chi connectivity index (χ0n) is 14.2. The van der Waals surface area contributed by atoms with Crippen LogP contribution in [0.3, 0.4) is 0 Å². The molecule has 1 aliphatic carbocycles. The number of likely N-dealkylation sites (tertiary alicyclic amines) is 1. The van der Waals surface area contributed by atoms with Gasteiger partial charge in [0.25, 0.3) is 0 Å². The van der Waals surface area contributed by atoms with Crippen molar-refractivity contribution < 1.29 is 14.6 Å². The topological polar surface area (TPSA) is 53.0 Å². The average molecular weight is 312 g/mol. The molecule has 1 saturated carbocycles. The number of carbonyl (C=O) groups is 1. The summed E-state index contributed by atoms with van der Waals surface area (Å²) in [5.41, 5.74) is 0. The van der Waals surface area contributed by atoms with Crippen LogP contribution in [0.15, 0.2) is 0 Å². The van der Waals surface area contributed by atoms with E-state index in [-0.39, 0.29) is 6.54 Å². The van der Waals surface area contributed by atoms with Crippen LogP contribution in [-0.2, 0) is 9.53 Å². The van der Waals surface area contributed by atoms with Crippen molar-refractivity contribution in [3.05, 3.63) is 0 Å². The Bertz CT molecular complexity index is 343. The van der Waals surface area contributed by atoms with Gasteiger partial charge in [0.2, 0.25) is 0 Å². The van der Waals surface area contributed by atoms with E-state index in [1.165, 1.54) is 25.7 Å². The van der Waals surface area contributed by atoms with Crippen LogP contribution in [0.1, 0.15) is 45.4 Å². The molecule has 0 spiro atoms. The van der Waals surface area contributed by atoms with E-state index in [0.717, 1.165) is 39.1 Å². The van der Waals surface area contributed by atoms with E-state index in [0.29, 0.717) is 18.1 Å². The van der Waals surface area contributed by atoms with E-state index >= 15 is 0 Å². The average Bonchev–Trinajstić information content (AvgIpc) is 2.49. The minimum atomic E-state index is -0.736. The number of likely N-dealkylation sites (N-methyl/N-ethyl adjacent to an activating group) is 1. The van der Waals surface area contributed by atoms with Crippen LogP contribution in [0, 0.1) is 5.92 Å². The van der Waals surface area contributed by atoms with Gasteiger partial charge in [0.1, 0.15) is 0 Å². The van der Waals surface area contributed by atoms with Crippen LogP contribution in [0.25, 0.3) is 0 Å². The van der Waals surface area contributed by atoms with Crippen molar-refractivity contribution in [2.24, 2.45) is 5.92 Å². The van der Waals surface area contributed by atoms with Gasteiger partial charge in [-0.25, -0.2) is 0 Å². The molecule has 1 aliphatic heterocycles. The van der Waals surface area contributed by atoms with Crippen molar-refractivity contribution in [3.8, 4) is 0 Å². The largest absolute Gasteiger partial charge is 0.480 e. The molecule has 1 N–H and O–H groups in total. The number of rotatable bonds is 7. The highest BCUT2D eigenvalue weighted by Crippen LogP contribution is 2.26. The Morgan fingerprint density at radius 2 is 1.91 bits per heavy atom.